The van der Waals surface area contributed by atoms with Crippen molar-refractivity contribution in [3.05, 3.63) is 30.4 Å². The Hall–Kier alpha value is -3.70. The van der Waals surface area contributed by atoms with Gasteiger partial charge in [-0.05, 0) is 19.3 Å². The molecule has 0 amide bonds. The molecule has 5 rings (SSSR count). The van der Waals surface area contributed by atoms with Crippen molar-refractivity contribution in [2.24, 2.45) is 0 Å². The minimum atomic E-state index is -4.10. The monoisotopic (exact) mass is 565 g/mol. The van der Waals surface area contributed by atoms with Gasteiger partial charge in [-0.1, -0.05) is 0 Å². The standard InChI is InChI=1S/C22H28FN9O6S/c1-35-14-7-15(11-31(10-14)21-24-8-13(23)9-25-21)39(33,34)30-22-29-28-18(16-5-4-6-38-16)32(22)17-19(36-2)26-12-27-20(17)37-3/h8-9,12,14-16H,4-7,10-11H2,1-3H3,(H,29,30)/t14-,15?,16-/m1/s1. The summed E-state index contributed by atoms with van der Waals surface area (Å²) in [5.74, 6) is 0.0728. The van der Waals surface area contributed by atoms with Crippen LogP contribution in [0.4, 0.5) is 16.3 Å². The van der Waals surface area contributed by atoms with Gasteiger partial charge in [0.2, 0.25) is 33.7 Å². The fraction of sp³-hybridized carbons (Fsp3) is 0.545. The van der Waals surface area contributed by atoms with Crippen LogP contribution in [0.5, 0.6) is 11.8 Å². The highest BCUT2D eigenvalue weighted by atomic mass is 32.2. The zero-order chi connectivity index (χ0) is 27.6. The zero-order valence-corrected chi connectivity index (χ0v) is 22.3. The molecule has 1 unspecified atom stereocenters. The SMILES string of the molecule is COc1ncnc(OC)c1-n1c(NS(=O)(=O)C2C[C@@H](OC)CN(c3ncc(F)cn3)C2)nnc1[C@H]1CCCO1. The molecule has 0 radical (unpaired) electrons. The first-order chi connectivity index (χ1) is 18.8. The summed E-state index contributed by atoms with van der Waals surface area (Å²) in [6.45, 7) is 0.901. The maximum absolute atomic E-state index is 13.8. The Morgan fingerprint density at radius 3 is 2.38 bits per heavy atom. The van der Waals surface area contributed by atoms with Crippen molar-refractivity contribution in [2.45, 2.75) is 36.7 Å². The van der Waals surface area contributed by atoms with E-state index in [1.165, 1.54) is 32.2 Å². The molecule has 0 aromatic carbocycles. The second kappa shape index (κ2) is 11.2. The van der Waals surface area contributed by atoms with Gasteiger partial charge in [0.25, 0.3) is 0 Å². The quantitative estimate of drug-likeness (QED) is 0.389. The highest BCUT2D eigenvalue weighted by molar-refractivity contribution is 7.93. The lowest BCUT2D eigenvalue weighted by Gasteiger charge is -2.36. The molecule has 0 aliphatic carbocycles. The largest absolute Gasteiger partial charge is 0.479 e. The molecule has 2 fully saturated rings. The third-order valence-electron chi connectivity index (χ3n) is 6.54. The first-order valence-corrected chi connectivity index (χ1v) is 13.7. The van der Waals surface area contributed by atoms with Crippen molar-refractivity contribution in [3.8, 4) is 17.4 Å². The number of anilines is 2. The lowest BCUT2D eigenvalue weighted by atomic mass is 10.1. The second-order valence-corrected chi connectivity index (χ2v) is 10.9. The summed E-state index contributed by atoms with van der Waals surface area (Å²) in [5, 5.41) is 7.46. The van der Waals surface area contributed by atoms with Gasteiger partial charge in [-0.3, -0.25) is 9.29 Å². The van der Waals surface area contributed by atoms with Crippen LogP contribution in [-0.4, -0.2) is 95.5 Å². The number of hydrogen-bond acceptors (Lipinski definition) is 13. The molecule has 2 aliphatic rings. The molecular weight excluding hydrogens is 537 g/mol. The van der Waals surface area contributed by atoms with E-state index in [9.17, 15) is 12.8 Å². The number of rotatable bonds is 9. The van der Waals surface area contributed by atoms with Crippen LogP contribution in [0, 0.1) is 5.82 Å². The molecule has 0 spiro atoms. The molecule has 1 N–H and O–H groups in total. The van der Waals surface area contributed by atoms with Crippen molar-refractivity contribution in [2.75, 3.05) is 50.6 Å². The second-order valence-electron chi connectivity index (χ2n) is 8.93. The van der Waals surface area contributed by atoms with Gasteiger partial charge in [-0.15, -0.1) is 10.2 Å². The number of halogens is 1. The Balaban J connectivity index is 1.52. The van der Waals surface area contributed by atoms with Gasteiger partial charge in [0.05, 0.1) is 32.7 Å². The van der Waals surface area contributed by atoms with Gasteiger partial charge < -0.3 is 23.8 Å². The molecule has 2 aliphatic heterocycles. The van der Waals surface area contributed by atoms with Gasteiger partial charge in [0.1, 0.15) is 17.7 Å². The number of sulfonamides is 1. The van der Waals surface area contributed by atoms with E-state index in [1.807, 2.05) is 0 Å². The predicted molar refractivity (Wildman–Crippen MR) is 134 cm³/mol. The third-order valence-corrected chi connectivity index (χ3v) is 8.23. The van der Waals surface area contributed by atoms with E-state index in [0.717, 1.165) is 18.8 Å². The van der Waals surface area contributed by atoms with Crippen molar-refractivity contribution in [1.82, 2.24) is 34.7 Å². The first kappa shape index (κ1) is 26.9. The summed E-state index contributed by atoms with van der Waals surface area (Å²) in [6, 6.07) is 0. The molecule has 17 heteroatoms. The summed E-state index contributed by atoms with van der Waals surface area (Å²) in [4.78, 5) is 17.9. The van der Waals surface area contributed by atoms with E-state index in [1.54, 1.807) is 4.90 Å². The molecule has 0 saturated carbocycles. The minimum Gasteiger partial charge on any atom is -0.479 e. The van der Waals surface area contributed by atoms with Crippen LogP contribution < -0.4 is 19.1 Å². The van der Waals surface area contributed by atoms with Gasteiger partial charge in [0.15, 0.2) is 17.3 Å². The van der Waals surface area contributed by atoms with Crippen molar-refractivity contribution < 1.29 is 31.8 Å². The van der Waals surface area contributed by atoms with Crippen LogP contribution in [0.15, 0.2) is 18.7 Å². The van der Waals surface area contributed by atoms with Crippen LogP contribution in [0.3, 0.4) is 0 Å². The lowest BCUT2D eigenvalue weighted by molar-refractivity contribution is 0.0898. The lowest BCUT2D eigenvalue weighted by Crippen LogP contribution is -2.51. The topological polar surface area (TPSA) is 169 Å². The molecule has 2 saturated heterocycles. The highest BCUT2D eigenvalue weighted by Crippen LogP contribution is 2.37. The maximum atomic E-state index is 13.8. The van der Waals surface area contributed by atoms with E-state index in [4.69, 9.17) is 18.9 Å². The maximum Gasteiger partial charge on any atom is 0.245 e. The van der Waals surface area contributed by atoms with Crippen LogP contribution >= 0.6 is 0 Å². The van der Waals surface area contributed by atoms with Gasteiger partial charge in [-0.25, -0.2) is 22.8 Å². The molecule has 3 aromatic rings. The van der Waals surface area contributed by atoms with Crippen LogP contribution in [-0.2, 0) is 19.5 Å². The smallest absolute Gasteiger partial charge is 0.245 e. The van der Waals surface area contributed by atoms with E-state index in [0.29, 0.717) is 25.4 Å². The Kier molecular flexibility index (Phi) is 7.72. The van der Waals surface area contributed by atoms with E-state index < -0.39 is 33.3 Å². The number of hydrogen-bond donors (Lipinski definition) is 1. The van der Waals surface area contributed by atoms with Crippen LogP contribution in [0.1, 0.15) is 31.2 Å². The normalized spacial score (nSPS) is 21.6. The summed E-state index contributed by atoms with van der Waals surface area (Å²) in [6.07, 6.45) is 4.09. The molecular formula is C22H28FN9O6S. The highest BCUT2D eigenvalue weighted by Gasteiger charge is 2.39. The Morgan fingerprint density at radius 2 is 1.77 bits per heavy atom. The number of nitrogens with zero attached hydrogens (tertiary/aromatic N) is 8. The summed E-state index contributed by atoms with van der Waals surface area (Å²) >= 11 is 0. The van der Waals surface area contributed by atoms with Crippen molar-refractivity contribution >= 4 is 21.9 Å². The van der Waals surface area contributed by atoms with Crippen LogP contribution in [0.2, 0.25) is 0 Å². The molecule has 15 nitrogen and oxygen atoms in total. The van der Waals surface area contributed by atoms with E-state index >= 15 is 0 Å². The zero-order valence-electron chi connectivity index (χ0n) is 21.5. The number of ether oxygens (including phenoxy) is 4. The van der Waals surface area contributed by atoms with Gasteiger partial charge >= 0.3 is 0 Å². The van der Waals surface area contributed by atoms with Gasteiger partial charge in [0, 0.05) is 26.8 Å². The van der Waals surface area contributed by atoms with Gasteiger partial charge in [-0.2, -0.15) is 9.97 Å². The average Bonchev–Trinajstić information content (AvgIpc) is 3.62. The van der Waals surface area contributed by atoms with E-state index in [-0.39, 0.29) is 42.3 Å². The first-order valence-electron chi connectivity index (χ1n) is 12.1. The molecule has 3 atom stereocenters. The third kappa shape index (κ3) is 5.41. The summed E-state index contributed by atoms with van der Waals surface area (Å²) < 4.78 is 67.2. The Bertz CT molecular complexity index is 1380. The number of aromatic nitrogens is 7. The average molecular weight is 566 g/mol. The Morgan fingerprint density at radius 1 is 1.05 bits per heavy atom. The molecule has 5 heterocycles. The van der Waals surface area contributed by atoms with E-state index in [2.05, 4.69) is 34.9 Å². The minimum absolute atomic E-state index is 0.0364. The molecule has 3 aromatic heterocycles. The molecule has 39 heavy (non-hydrogen) atoms. The fourth-order valence-electron chi connectivity index (χ4n) is 4.66. The Labute approximate surface area is 223 Å². The number of methoxy groups -OCH3 is 3. The number of nitrogens with one attached hydrogen (secondary N) is 1. The fourth-order valence-corrected chi connectivity index (χ4v) is 6.05. The number of piperidine rings is 1. The van der Waals surface area contributed by atoms with Crippen molar-refractivity contribution in [3.63, 3.8) is 0 Å². The summed E-state index contributed by atoms with van der Waals surface area (Å²) in [7, 11) is 0.241. The van der Waals surface area contributed by atoms with Crippen LogP contribution in [0.25, 0.3) is 5.69 Å². The summed E-state index contributed by atoms with van der Waals surface area (Å²) in [5.41, 5.74) is 0.218. The predicted octanol–water partition coefficient (Wildman–Crippen LogP) is 0.891. The molecule has 0 bridgehead atoms. The van der Waals surface area contributed by atoms with Crippen molar-refractivity contribution in [1.29, 1.82) is 0 Å². The molecule has 210 valence electrons.